The van der Waals surface area contributed by atoms with Crippen molar-refractivity contribution in [2.45, 2.75) is 19.4 Å². The monoisotopic (exact) mass is 255 g/mol. The van der Waals surface area contributed by atoms with E-state index in [-0.39, 0.29) is 11.6 Å². The molecule has 96 valence electrons. The third-order valence-corrected chi connectivity index (χ3v) is 3.59. The molecule has 3 rings (SSSR count). The highest BCUT2D eigenvalue weighted by Gasteiger charge is 2.22. The number of carbonyl (C=O) groups is 1. The molecule has 0 aliphatic carbocycles. The summed E-state index contributed by atoms with van der Waals surface area (Å²) in [5.41, 5.74) is 2.38. The first kappa shape index (κ1) is 11.7. The molecule has 1 aromatic heterocycles. The minimum atomic E-state index is -1.17. The summed E-state index contributed by atoms with van der Waals surface area (Å²) in [7, 11) is 0. The van der Waals surface area contributed by atoms with E-state index in [4.69, 9.17) is 5.11 Å². The predicted molar refractivity (Wildman–Crippen MR) is 71.5 cm³/mol. The molecule has 0 unspecified atom stereocenters. The standard InChI is InChI=1S/C15H13NO3/c1-9-6-10-4-2-3-5-11(10)13-7-14(17)12(15(18)19)8-16(9)13/h2-5,7-9H,6H2,1H3,(H,18,19)/t9-/m1/s1. The van der Waals surface area contributed by atoms with Crippen LogP contribution < -0.4 is 5.43 Å². The lowest BCUT2D eigenvalue weighted by Gasteiger charge is -2.28. The van der Waals surface area contributed by atoms with Gasteiger partial charge >= 0.3 is 5.97 Å². The number of rotatable bonds is 1. The van der Waals surface area contributed by atoms with Crippen LogP contribution in [0.5, 0.6) is 0 Å². The van der Waals surface area contributed by atoms with Gasteiger partial charge in [0.05, 0.1) is 5.69 Å². The van der Waals surface area contributed by atoms with E-state index in [0.717, 1.165) is 17.7 Å². The fourth-order valence-corrected chi connectivity index (χ4v) is 2.66. The maximum Gasteiger partial charge on any atom is 0.341 e. The van der Waals surface area contributed by atoms with Crippen LogP contribution in [-0.2, 0) is 6.42 Å². The normalized spacial score (nSPS) is 16.6. The summed E-state index contributed by atoms with van der Waals surface area (Å²) in [5, 5.41) is 9.04. The van der Waals surface area contributed by atoms with Crippen LogP contribution in [0.25, 0.3) is 11.3 Å². The van der Waals surface area contributed by atoms with Gasteiger partial charge in [0.2, 0.25) is 0 Å². The maximum atomic E-state index is 11.9. The number of benzene rings is 1. The number of carboxylic acid groups (broad SMARTS) is 1. The smallest absolute Gasteiger partial charge is 0.341 e. The van der Waals surface area contributed by atoms with Gasteiger partial charge in [-0.25, -0.2) is 4.79 Å². The van der Waals surface area contributed by atoms with Crippen LogP contribution >= 0.6 is 0 Å². The van der Waals surface area contributed by atoms with Gasteiger partial charge in [-0.15, -0.1) is 0 Å². The summed E-state index contributed by atoms with van der Waals surface area (Å²) in [4.78, 5) is 22.9. The topological polar surface area (TPSA) is 59.3 Å². The molecule has 0 amide bonds. The van der Waals surface area contributed by atoms with E-state index in [0.29, 0.717) is 0 Å². The molecular formula is C15H13NO3. The molecule has 1 aliphatic rings. The quantitative estimate of drug-likeness (QED) is 0.850. The van der Waals surface area contributed by atoms with Crippen LogP contribution in [0, 0.1) is 0 Å². The minimum absolute atomic E-state index is 0.142. The molecule has 19 heavy (non-hydrogen) atoms. The highest BCUT2D eigenvalue weighted by atomic mass is 16.4. The highest BCUT2D eigenvalue weighted by Crippen LogP contribution is 2.33. The zero-order chi connectivity index (χ0) is 13.6. The molecule has 0 radical (unpaired) electrons. The van der Waals surface area contributed by atoms with Crippen LogP contribution in [0.15, 0.2) is 41.3 Å². The molecule has 2 aromatic rings. The Labute approximate surface area is 109 Å². The molecule has 0 spiro atoms. The van der Waals surface area contributed by atoms with Gasteiger partial charge in [-0.2, -0.15) is 0 Å². The van der Waals surface area contributed by atoms with Crippen molar-refractivity contribution in [1.82, 2.24) is 4.57 Å². The molecule has 1 aliphatic heterocycles. The van der Waals surface area contributed by atoms with Gasteiger partial charge < -0.3 is 9.67 Å². The molecule has 0 saturated carbocycles. The summed E-state index contributed by atoms with van der Waals surface area (Å²) < 4.78 is 1.88. The van der Waals surface area contributed by atoms with Crippen LogP contribution in [0.2, 0.25) is 0 Å². The molecular weight excluding hydrogens is 242 g/mol. The molecule has 1 atom stereocenters. The molecule has 4 heteroatoms. The van der Waals surface area contributed by atoms with E-state index in [2.05, 4.69) is 0 Å². The van der Waals surface area contributed by atoms with E-state index in [1.165, 1.54) is 17.8 Å². The third kappa shape index (κ3) is 1.76. The van der Waals surface area contributed by atoms with E-state index in [1.54, 1.807) is 0 Å². The number of fused-ring (bicyclic) bond motifs is 3. The van der Waals surface area contributed by atoms with Gasteiger partial charge in [-0.05, 0) is 18.9 Å². The van der Waals surface area contributed by atoms with Crippen LogP contribution in [0.1, 0.15) is 28.9 Å². The van der Waals surface area contributed by atoms with Gasteiger partial charge in [-0.1, -0.05) is 24.3 Å². The van der Waals surface area contributed by atoms with Gasteiger partial charge in [0, 0.05) is 23.9 Å². The van der Waals surface area contributed by atoms with Crippen molar-refractivity contribution in [1.29, 1.82) is 0 Å². The summed E-state index contributed by atoms with van der Waals surface area (Å²) in [6, 6.07) is 9.48. The predicted octanol–water partition coefficient (Wildman–Crippen LogP) is 2.33. The molecule has 0 saturated heterocycles. The van der Waals surface area contributed by atoms with Crippen molar-refractivity contribution in [3.8, 4) is 11.3 Å². The highest BCUT2D eigenvalue weighted by molar-refractivity contribution is 5.87. The zero-order valence-corrected chi connectivity index (χ0v) is 10.5. The van der Waals surface area contributed by atoms with Gasteiger partial charge in [0.15, 0.2) is 5.43 Å². The van der Waals surface area contributed by atoms with Gasteiger partial charge in [-0.3, -0.25) is 4.79 Å². The van der Waals surface area contributed by atoms with Gasteiger partial charge in [0.1, 0.15) is 5.56 Å². The molecule has 2 heterocycles. The number of aromatic carboxylic acids is 1. The summed E-state index contributed by atoms with van der Waals surface area (Å²) in [5.74, 6) is -1.17. The Morgan fingerprint density at radius 2 is 2.11 bits per heavy atom. The van der Waals surface area contributed by atoms with Crippen LogP contribution in [-0.4, -0.2) is 15.6 Å². The first-order chi connectivity index (χ1) is 9.08. The molecule has 1 N–H and O–H groups in total. The molecule has 4 nitrogen and oxygen atoms in total. The van der Waals surface area contributed by atoms with Crippen LogP contribution in [0.4, 0.5) is 0 Å². The van der Waals surface area contributed by atoms with Crippen molar-refractivity contribution >= 4 is 5.97 Å². The minimum Gasteiger partial charge on any atom is -0.477 e. The lowest BCUT2D eigenvalue weighted by atomic mass is 9.93. The number of aromatic nitrogens is 1. The lowest BCUT2D eigenvalue weighted by Crippen LogP contribution is -2.24. The van der Waals surface area contributed by atoms with Crippen molar-refractivity contribution in [2.75, 3.05) is 0 Å². The SMILES string of the molecule is C[C@@H]1Cc2ccccc2-c2cc(=O)c(C(=O)O)cn21. The second kappa shape index (κ2) is 4.09. The van der Waals surface area contributed by atoms with E-state index < -0.39 is 11.4 Å². The Morgan fingerprint density at radius 1 is 1.37 bits per heavy atom. The Balaban J connectivity index is 2.31. The van der Waals surface area contributed by atoms with Crippen molar-refractivity contribution < 1.29 is 9.90 Å². The fraction of sp³-hybridized carbons (Fsp3) is 0.200. The fourth-order valence-electron chi connectivity index (χ4n) is 2.66. The van der Waals surface area contributed by atoms with Crippen molar-refractivity contribution in [3.63, 3.8) is 0 Å². The number of carboxylic acids is 1. The van der Waals surface area contributed by atoms with Gasteiger partial charge in [0.25, 0.3) is 0 Å². The van der Waals surface area contributed by atoms with E-state index >= 15 is 0 Å². The Morgan fingerprint density at radius 3 is 2.84 bits per heavy atom. The van der Waals surface area contributed by atoms with Crippen molar-refractivity contribution in [3.05, 3.63) is 57.9 Å². The largest absolute Gasteiger partial charge is 0.477 e. The average Bonchev–Trinajstić information content (AvgIpc) is 2.38. The van der Waals surface area contributed by atoms with Crippen molar-refractivity contribution in [2.24, 2.45) is 0 Å². The molecule has 1 aromatic carbocycles. The van der Waals surface area contributed by atoms with Crippen LogP contribution in [0.3, 0.4) is 0 Å². The number of hydrogen-bond acceptors (Lipinski definition) is 2. The Bertz CT molecular complexity index is 730. The number of pyridine rings is 1. The van der Waals surface area contributed by atoms with E-state index in [1.807, 2.05) is 35.8 Å². The summed E-state index contributed by atoms with van der Waals surface area (Å²) >= 11 is 0. The molecule has 0 fully saturated rings. The Kier molecular flexibility index (Phi) is 2.52. The Hall–Kier alpha value is -2.36. The maximum absolute atomic E-state index is 11.9. The van der Waals surface area contributed by atoms with E-state index in [9.17, 15) is 9.59 Å². The summed E-state index contributed by atoms with van der Waals surface area (Å²) in [6.07, 6.45) is 2.30. The first-order valence-corrected chi connectivity index (χ1v) is 6.15. The second-order valence-electron chi connectivity index (χ2n) is 4.86. The zero-order valence-electron chi connectivity index (χ0n) is 10.5. The number of hydrogen-bond donors (Lipinski definition) is 1. The number of nitrogens with zero attached hydrogens (tertiary/aromatic N) is 1. The lowest BCUT2D eigenvalue weighted by molar-refractivity contribution is 0.0694. The first-order valence-electron chi connectivity index (χ1n) is 6.15. The third-order valence-electron chi connectivity index (χ3n) is 3.59. The molecule has 0 bridgehead atoms. The second-order valence-corrected chi connectivity index (χ2v) is 4.86. The average molecular weight is 255 g/mol. The summed E-state index contributed by atoms with van der Waals surface area (Å²) in [6.45, 7) is 2.02.